The third-order valence-electron chi connectivity index (χ3n) is 0.922. The van der Waals surface area contributed by atoms with Crippen molar-refractivity contribution in [3.63, 3.8) is 0 Å². The molecule has 0 amide bonds. The molecule has 0 fully saturated rings. The Kier molecular flexibility index (Phi) is 10.9. The summed E-state index contributed by atoms with van der Waals surface area (Å²) in [5, 5.41) is 0. The first-order chi connectivity index (χ1) is 2.81. The molecule has 0 rings (SSSR count). The topological polar surface area (TPSA) is 3.24 Å². The second-order valence-electron chi connectivity index (χ2n) is 1.40. The fourth-order valence-electron chi connectivity index (χ4n) is 0.158. The molecule has 0 aliphatic heterocycles. The summed E-state index contributed by atoms with van der Waals surface area (Å²) in [5.74, 6) is 0. The first-order valence-electron chi connectivity index (χ1n) is 2.29. The molecule has 0 saturated heterocycles. The third kappa shape index (κ3) is 7.01. The van der Waals surface area contributed by atoms with E-state index < -0.39 is 0 Å². The van der Waals surface area contributed by atoms with E-state index in [4.69, 9.17) is 0 Å². The number of nitrogens with zero attached hydrogens (tertiary/aromatic N) is 1. The van der Waals surface area contributed by atoms with Crippen molar-refractivity contribution < 1.29 is 31.1 Å². The third-order valence-corrected chi connectivity index (χ3v) is 0.922. The molecule has 0 saturated carbocycles. The van der Waals surface area contributed by atoms with Gasteiger partial charge in [0, 0.05) is 31.1 Å². The van der Waals surface area contributed by atoms with Gasteiger partial charge >= 0.3 is 0 Å². The van der Waals surface area contributed by atoms with Crippen LogP contribution in [-0.4, -0.2) is 25.0 Å². The monoisotopic (exact) mass is 324 g/mol. The predicted molar refractivity (Wildman–Crippen MR) is 28.5 cm³/mol. The molecule has 0 aromatic rings. The van der Waals surface area contributed by atoms with E-state index in [1.165, 1.54) is 0 Å². The molecular formula is C5H12NU-. The Hall–Kier alpha value is 1.01. The van der Waals surface area contributed by atoms with Crippen LogP contribution in [0.15, 0.2) is 0 Å². The molecule has 0 radical (unpaired) electrons. The zero-order chi connectivity index (χ0) is 4.99. The van der Waals surface area contributed by atoms with Crippen LogP contribution < -0.4 is 0 Å². The second kappa shape index (κ2) is 7.01. The van der Waals surface area contributed by atoms with Gasteiger partial charge in [0.05, 0.1) is 0 Å². The van der Waals surface area contributed by atoms with Gasteiger partial charge in [-0.05, 0) is 13.6 Å². The zero-order valence-electron chi connectivity index (χ0n) is 5.07. The van der Waals surface area contributed by atoms with Crippen LogP contribution in [0.5, 0.6) is 0 Å². The Balaban J connectivity index is 0. The number of hydrogen-bond acceptors (Lipinski definition) is 1. The summed E-state index contributed by atoms with van der Waals surface area (Å²) in [7, 11) is 2.05. The van der Waals surface area contributed by atoms with E-state index in [0.717, 1.165) is 13.1 Å². The quantitative estimate of drug-likeness (QED) is 0.679. The van der Waals surface area contributed by atoms with Gasteiger partial charge in [0.25, 0.3) is 0 Å². The molecule has 0 bridgehead atoms. The first kappa shape index (κ1) is 10.9. The van der Waals surface area contributed by atoms with E-state index in [0.29, 0.717) is 0 Å². The Morgan fingerprint density at radius 3 is 2.00 bits per heavy atom. The molecule has 2 heteroatoms. The minimum atomic E-state index is 0. The average Bonchev–Trinajstić information content (AvgIpc) is 1.65. The van der Waals surface area contributed by atoms with Crippen molar-refractivity contribution >= 4 is 0 Å². The minimum Gasteiger partial charge on any atom is -0.336 e. The molecule has 0 spiro atoms. The summed E-state index contributed by atoms with van der Waals surface area (Å²) < 4.78 is 0. The molecule has 0 atom stereocenters. The maximum Gasteiger partial charge on any atom is 0 e. The van der Waals surface area contributed by atoms with Crippen LogP contribution in [0.4, 0.5) is 0 Å². The summed E-state index contributed by atoms with van der Waals surface area (Å²) in [6, 6.07) is 0. The second-order valence-corrected chi connectivity index (χ2v) is 1.40. The molecule has 0 aliphatic rings. The minimum absolute atomic E-state index is 0. The molecule has 1 nitrogen and oxygen atoms in total. The van der Waals surface area contributed by atoms with E-state index in [9.17, 15) is 0 Å². The summed E-state index contributed by atoms with van der Waals surface area (Å²) in [5.41, 5.74) is 0. The molecule has 0 unspecified atom stereocenters. The summed E-state index contributed by atoms with van der Waals surface area (Å²) in [6.07, 6.45) is 0. The van der Waals surface area contributed by atoms with Crippen molar-refractivity contribution in [1.29, 1.82) is 0 Å². The van der Waals surface area contributed by atoms with Crippen LogP contribution in [0.2, 0.25) is 0 Å². The summed E-state index contributed by atoms with van der Waals surface area (Å²) in [6.45, 7) is 7.81. The first-order valence-corrected chi connectivity index (χ1v) is 2.29. The maximum absolute atomic E-state index is 3.68. The van der Waals surface area contributed by atoms with Crippen molar-refractivity contribution in [2.45, 2.75) is 6.92 Å². The molecule has 7 heavy (non-hydrogen) atoms. The Labute approximate surface area is 69.8 Å². The van der Waals surface area contributed by atoms with Gasteiger partial charge < -0.3 is 11.8 Å². The Morgan fingerprint density at radius 2 is 2.00 bits per heavy atom. The van der Waals surface area contributed by atoms with Gasteiger partial charge in [-0.15, -0.1) is 6.54 Å². The van der Waals surface area contributed by atoms with E-state index in [2.05, 4.69) is 18.7 Å². The van der Waals surface area contributed by atoms with Crippen LogP contribution in [0.3, 0.4) is 0 Å². The largest absolute Gasteiger partial charge is 0.336 e. The Morgan fingerprint density at radius 1 is 1.57 bits per heavy atom. The fourth-order valence-corrected chi connectivity index (χ4v) is 0.158. The van der Waals surface area contributed by atoms with Crippen molar-refractivity contribution in [1.82, 2.24) is 4.90 Å². The molecule has 0 aromatic heterocycles. The molecule has 0 heterocycles. The predicted octanol–water partition coefficient (Wildman–Crippen LogP) is 0.772. The van der Waals surface area contributed by atoms with Crippen LogP contribution in [-0.2, 0) is 0 Å². The van der Waals surface area contributed by atoms with Crippen LogP contribution in [0, 0.1) is 38.0 Å². The normalized spacial score (nSPS) is 8.57. The summed E-state index contributed by atoms with van der Waals surface area (Å²) in [4.78, 5) is 2.14. The standard InChI is InChI=1S/C5H12N.U/c1-4-6(3)5-2;/h1,4-5H2,2-3H3;/q-1;. The van der Waals surface area contributed by atoms with Crippen molar-refractivity contribution in [2.24, 2.45) is 0 Å². The fraction of sp³-hybridized carbons (Fsp3) is 0.800. The van der Waals surface area contributed by atoms with E-state index >= 15 is 0 Å². The van der Waals surface area contributed by atoms with Crippen LogP contribution >= 0.6 is 0 Å². The maximum atomic E-state index is 3.68. The van der Waals surface area contributed by atoms with Gasteiger partial charge in [0.2, 0.25) is 0 Å². The zero-order valence-corrected chi connectivity index (χ0v) is 9.23. The number of hydrogen-bond donors (Lipinski definition) is 0. The van der Waals surface area contributed by atoms with Gasteiger partial charge in [-0.25, -0.2) is 0 Å². The van der Waals surface area contributed by atoms with E-state index in [-0.39, 0.29) is 31.1 Å². The van der Waals surface area contributed by atoms with Crippen molar-refractivity contribution in [2.75, 3.05) is 20.1 Å². The van der Waals surface area contributed by atoms with Gasteiger partial charge in [0.1, 0.15) is 0 Å². The van der Waals surface area contributed by atoms with Crippen molar-refractivity contribution in [3.8, 4) is 0 Å². The number of rotatable bonds is 2. The van der Waals surface area contributed by atoms with E-state index in [1.807, 2.05) is 7.05 Å². The van der Waals surface area contributed by atoms with Gasteiger partial charge in [-0.3, -0.25) is 0 Å². The average molecular weight is 324 g/mol. The molecule has 0 N–H and O–H groups in total. The molecular weight excluding hydrogens is 312 g/mol. The van der Waals surface area contributed by atoms with Gasteiger partial charge in [0.15, 0.2) is 0 Å². The smallest absolute Gasteiger partial charge is 0 e. The Bertz CT molecular complexity index is 27.3. The van der Waals surface area contributed by atoms with Crippen molar-refractivity contribution in [3.05, 3.63) is 6.92 Å². The molecule has 42 valence electrons. The van der Waals surface area contributed by atoms with Crippen LogP contribution in [0.1, 0.15) is 6.92 Å². The summed E-state index contributed by atoms with van der Waals surface area (Å²) >= 11 is 0. The van der Waals surface area contributed by atoms with Gasteiger partial charge in [-0.2, -0.15) is 0 Å². The van der Waals surface area contributed by atoms with E-state index in [1.54, 1.807) is 0 Å². The molecule has 0 aromatic carbocycles. The van der Waals surface area contributed by atoms with Gasteiger partial charge in [-0.1, -0.05) is 6.92 Å². The molecule has 0 aliphatic carbocycles. The van der Waals surface area contributed by atoms with Crippen LogP contribution in [0.25, 0.3) is 0 Å². The SMILES string of the molecule is [CH2-]CN(C)CC.[U].